The van der Waals surface area contributed by atoms with Crippen LogP contribution in [0.5, 0.6) is 0 Å². The number of hydrogen-bond acceptors (Lipinski definition) is 4. The molecule has 2 aromatic rings. The molecule has 1 unspecified atom stereocenters. The number of nitrogens with zero attached hydrogens (tertiary/aromatic N) is 1. The van der Waals surface area contributed by atoms with Crippen molar-refractivity contribution in [2.75, 3.05) is 26.3 Å². The molecule has 1 aromatic carbocycles. The average molecular weight is 288 g/mol. The van der Waals surface area contributed by atoms with Gasteiger partial charge in [-0.3, -0.25) is 4.79 Å². The predicted molar refractivity (Wildman–Crippen MR) is 79.9 cm³/mol. The van der Waals surface area contributed by atoms with Gasteiger partial charge >= 0.3 is 0 Å². The first-order valence-electron chi connectivity index (χ1n) is 7.29. The Hall–Kier alpha value is -1.85. The van der Waals surface area contributed by atoms with E-state index in [0.29, 0.717) is 13.2 Å². The van der Waals surface area contributed by atoms with E-state index in [2.05, 4.69) is 6.07 Å². The van der Waals surface area contributed by atoms with Crippen molar-refractivity contribution >= 4 is 16.9 Å². The van der Waals surface area contributed by atoms with Gasteiger partial charge in [0.25, 0.3) is 0 Å². The van der Waals surface area contributed by atoms with Gasteiger partial charge < -0.3 is 19.8 Å². The molecular formula is C16H20N2O3. The highest BCUT2D eigenvalue weighted by Crippen LogP contribution is 2.17. The molecule has 2 N–H and O–H groups in total. The van der Waals surface area contributed by atoms with E-state index < -0.39 is 0 Å². The number of fused-ring (bicyclic) bond motifs is 1. The summed E-state index contributed by atoms with van der Waals surface area (Å²) in [6.07, 6.45) is 3.36. The highest BCUT2D eigenvalue weighted by molar-refractivity contribution is 5.78. The Morgan fingerprint density at radius 3 is 3.14 bits per heavy atom. The molecule has 0 saturated carbocycles. The molecule has 1 amide bonds. The summed E-state index contributed by atoms with van der Waals surface area (Å²) >= 11 is 0. The van der Waals surface area contributed by atoms with Gasteiger partial charge in [0.15, 0.2) is 0 Å². The van der Waals surface area contributed by atoms with Crippen molar-refractivity contribution in [1.82, 2.24) is 4.90 Å². The molecule has 1 aromatic heterocycles. The second-order valence-electron chi connectivity index (χ2n) is 5.48. The normalized spacial score (nSPS) is 18.5. The Bertz CT molecular complexity index is 623. The van der Waals surface area contributed by atoms with Crippen LogP contribution in [-0.2, 0) is 16.0 Å². The highest BCUT2D eigenvalue weighted by Gasteiger charge is 2.23. The molecule has 2 heterocycles. The third kappa shape index (κ3) is 3.43. The molecule has 0 bridgehead atoms. The zero-order valence-electron chi connectivity index (χ0n) is 12.0. The van der Waals surface area contributed by atoms with Crippen molar-refractivity contribution < 1.29 is 13.9 Å². The first-order chi connectivity index (χ1) is 10.2. The van der Waals surface area contributed by atoms with Gasteiger partial charge in [-0.25, -0.2) is 0 Å². The molecular weight excluding hydrogens is 268 g/mol. The molecule has 3 rings (SSSR count). The van der Waals surface area contributed by atoms with E-state index in [-0.39, 0.29) is 18.6 Å². The second kappa shape index (κ2) is 6.28. The van der Waals surface area contributed by atoms with Crippen molar-refractivity contribution in [3.63, 3.8) is 0 Å². The van der Waals surface area contributed by atoms with Crippen molar-refractivity contribution in [3.8, 4) is 0 Å². The molecule has 0 radical (unpaired) electrons. The molecule has 1 aliphatic rings. The maximum Gasteiger partial charge on any atom is 0.248 e. The largest absolute Gasteiger partial charge is 0.464 e. The van der Waals surface area contributed by atoms with E-state index in [0.717, 1.165) is 30.4 Å². The molecule has 5 nitrogen and oxygen atoms in total. The Labute approximate surface area is 123 Å². The molecule has 21 heavy (non-hydrogen) atoms. The van der Waals surface area contributed by atoms with Gasteiger partial charge in [0.1, 0.15) is 12.2 Å². The van der Waals surface area contributed by atoms with E-state index in [1.165, 1.54) is 5.56 Å². The summed E-state index contributed by atoms with van der Waals surface area (Å²) < 4.78 is 10.8. The molecule has 0 aliphatic carbocycles. The van der Waals surface area contributed by atoms with Crippen LogP contribution in [0, 0.1) is 0 Å². The van der Waals surface area contributed by atoms with Gasteiger partial charge in [0.2, 0.25) is 5.91 Å². The van der Waals surface area contributed by atoms with E-state index in [4.69, 9.17) is 14.9 Å². The third-order valence-corrected chi connectivity index (χ3v) is 3.85. The number of ether oxygens (including phenoxy) is 1. The number of carbonyl (C=O) groups is 1. The number of benzene rings is 1. The molecule has 1 atom stereocenters. The van der Waals surface area contributed by atoms with Crippen LogP contribution >= 0.6 is 0 Å². The summed E-state index contributed by atoms with van der Waals surface area (Å²) in [6.45, 7) is 2.08. The van der Waals surface area contributed by atoms with Crippen LogP contribution in [-0.4, -0.2) is 43.2 Å². The minimum absolute atomic E-state index is 0.0354. The van der Waals surface area contributed by atoms with Gasteiger partial charge in [-0.2, -0.15) is 0 Å². The van der Waals surface area contributed by atoms with Crippen molar-refractivity contribution in [1.29, 1.82) is 0 Å². The standard InChI is InChI=1S/C16H20N2O3/c17-14-3-6-18(10-14)16(19)11-20-7-4-12-1-2-15-13(9-12)5-8-21-15/h1-2,5,8-9,14H,3-4,6-7,10-11,17H2. The fraction of sp³-hybridized carbons (Fsp3) is 0.438. The van der Waals surface area contributed by atoms with Crippen molar-refractivity contribution in [2.45, 2.75) is 18.9 Å². The summed E-state index contributed by atoms with van der Waals surface area (Å²) in [5, 5.41) is 1.09. The highest BCUT2D eigenvalue weighted by atomic mass is 16.5. The van der Waals surface area contributed by atoms with Crippen LogP contribution in [0.15, 0.2) is 34.9 Å². The smallest absolute Gasteiger partial charge is 0.248 e. The van der Waals surface area contributed by atoms with Gasteiger partial charge in [0, 0.05) is 24.5 Å². The summed E-state index contributed by atoms with van der Waals surface area (Å²) in [4.78, 5) is 13.7. The van der Waals surface area contributed by atoms with Gasteiger partial charge in [-0.05, 0) is 36.6 Å². The molecule has 1 saturated heterocycles. The molecule has 112 valence electrons. The lowest BCUT2D eigenvalue weighted by atomic mass is 10.1. The van der Waals surface area contributed by atoms with Crippen LogP contribution in [0.2, 0.25) is 0 Å². The maximum absolute atomic E-state index is 11.9. The van der Waals surface area contributed by atoms with E-state index in [1.54, 1.807) is 11.2 Å². The van der Waals surface area contributed by atoms with E-state index in [1.807, 2.05) is 18.2 Å². The lowest BCUT2D eigenvalue weighted by molar-refractivity contribution is -0.135. The summed E-state index contributed by atoms with van der Waals surface area (Å²) in [7, 11) is 0. The predicted octanol–water partition coefficient (Wildman–Crippen LogP) is 1.55. The number of rotatable bonds is 5. The fourth-order valence-electron chi connectivity index (χ4n) is 2.63. The monoisotopic (exact) mass is 288 g/mol. The van der Waals surface area contributed by atoms with Crippen LogP contribution in [0.25, 0.3) is 11.0 Å². The molecule has 1 aliphatic heterocycles. The van der Waals surface area contributed by atoms with Crippen molar-refractivity contribution in [2.24, 2.45) is 5.73 Å². The zero-order valence-corrected chi connectivity index (χ0v) is 12.0. The molecule has 0 spiro atoms. The number of furan rings is 1. The molecule has 5 heteroatoms. The van der Waals surface area contributed by atoms with Crippen LogP contribution in [0.1, 0.15) is 12.0 Å². The minimum atomic E-state index is 0.0354. The van der Waals surface area contributed by atoms with E-state index in [9.17, 15) is 4.79 Å². The summed E-state index contributed by atoms with van der Waals surface area (Å²) in [5.74, 6) is 0.0354. The lowest BCUT2D eigenvalue weighted by Gasteiger charge is -2.15. The topological polar surface area (TPSA) is 68.7 Å². The fourth-order valence-corrected chi connectivity index (χ4v) is 2.63. The van der Waals surface area contributed by atoms with E-state index >= 15 is 0 Å². The number of hydrogen-bond donors (Lipinski definition) is 1. The molecule has 1 fully saturated rings. The maximum atomic E-state index is 11.9. The lowest BCUT2D eigenvalue weighted by Crippen LogP contribution is -2.34. The van der Waals surface area contributed by atoms with Crippen molar-refractivity contribution in [3.05, 3.63) is 36.1 Å². The quantitative estimate of drug-likeness (QED) is 0.848. The summed E-state index contributed by atoms with van der Waals surface area (Å²) in [6, 6.07) is 8.14. The average Bonchev–Trinajstić information content (AvgIpc) is 3.11. The third-order valence-electron chi connectivity index (χ3n) is 3.85. The van der Waals surface area contributed by atoms with Crippen LogP contribution in [0.3, 0.4) is 0 Å². The Morgan fingerprint density at radius 1 is 1.43 bits per heavy atom. The SMILES string of the molecule is NC1CCN(C(=O)COCCc2ccc3occc3c2)C1. The second-order valence-corrected chi connectivity index (χ2v) is 5.48. The Balaban J connectivity index is 1.42. The first-order valence-corrected chi connectivity index (χ1v) is 7.29. The Morgan fingerprint density at radius 2 is 2.33 bits per heavy atom. The number of likely N-dealkylation sites (tertiary alicyclic amines) is 1. The number of carbonyl (C=O) groups excluding carboxylic acids is 1. The van der Waals surface area contributed by atoms with Gasteiger partial charge in [-0.15, -0.1) is 0 Å². The van der Waals surface area contributed by atoms with Crippen LogP contribution in [0.4, 0.5) is 0 Å². The number of nitrogens with two attached hydrogens (primary N) is 1. The number of amides is 1. The minimum Gasteiger partial charge on any atom is -0.464 e. The first kappa shape index (κ1) is 14.1. The van der Waals surface area contributed by atoms with Crippen LogP contribution < -0.4 is 5.73 Å². The van der Waals surface area contributed by atoms with Gasteiger partial charge in [-0.1, -0.05) is 6.07 Å². The zero-order chi connectivity index (χ0) is 14.7. The summed E-state index contributed by atoms with van der Waals surface area (Å²) in [5.41, 5.74) is 7.86. The Kier molecular flexibility index (Phi) is 4.22. The van der Waals surface area contributed by atoms with Gasteiger partial charge in [0.05, 0.1) is 12.9 Å².